The number of aromatic nitrogens is 2. The maximum Gasteiger partial charge on any atom is 0.241 e. The fourth-order valence-corrected chi connectivity index (χ4v) is 6.08. The van der Waals surface area contributed by atoms with Gasteiger partial charge in [-0.25, -0.2) is 0 Å². The molecule has 9 rings (SSSR count). The third-order valence-electron chi connectivity index (χ3n) is 8.26. The summed E-state index contributed by atoms with van der Waals surface area (Å²) < 4.78 is 59.1. The molecule has 0 bridgehead atoms. The van der Waals surface area contributed by atoms with E-state index in [1.54, 1.807) is 30.5 Å². The summed E-state index contributed by atoms with van der Waals surface area (Å²) in [5.74, 6) is 2.93. The van der Waals surface area contributed by atoms with Gasteiger partial charge in [-0.2, -0.15) is 0 Å². The maximum atomic E-state index is 8.23. The molecule has 233 valence electrons. The van der Waals surface area contributed by atoms with E-state index in [9.17, 15) is 0 Å². The molecule has 48 heavy (non-hydrogen) atoms. The van der Waals surface area contributed by atoms with Crippen molar-refractivity contribution in [1.82, 2.24) is 9.97 Å². The predicted molar refractivity (Wildman–Crippen MR) is 190 cm³/mol. The van der Waals surface area contributed by atoms with Crippen molar-refractivity contribution in [3.8, 4) is 56.6 Å². The molecular weight excluding hydrogens is 768 g/mol. The number of ether oxygens (including phenoxy) is 2. The van der Waals surface area contributed by atoms with Gasteiger partial charge in [0.1, 0.15) is 17.2 Å². The summed E-state index contributed by atoms with van der Waals surface area (Å²) in [7, 11) is 0. The van der Waals surface area contributed by atoms with Gasteiger partial charge in [-0.1, -0.05) is 78.4 Å². The average molecular weight is 803 g/mol. The van der Waals surface area contributed by atoms with Crippen molar-refractivity contribution in [3.05, 3.63) is 163 Å². The summed E-state index contributed by atoms with van der Waals surface area (Å²) in [4.78, 5) is 8.83. The van der Waals surface area contributed by atoms with Gasteiger partial charge in [-0.3, -0.25) is 0 Å². The van der Waals surface area contributed by atoms with Crippen LogP contribution in [0.2, 0.25) is 0 Å². The smallest absolute Gasteiger partial charge is 0.241 e. The van der Waals surface area contributed by atoms with Crippen LogP contribution in [0.15, 0.2) is 140 Å². The number of aryl methyl sites for hydroxylation is 2. The molecule has 4 heterocycles. The summed E-state index contributed by atoms with van der Waals surface area (Å²) >= 11 is 0. The number of rotatable bonds is 3. The van der Waals surface area contributed by atoms with Crippen molar-refractivity contribution >= 4 is 23.1 Å². The molecule has 0 aliphatic carbocycles. The molecule has 0 fully saturated rings. The van der Waals surface area contributed by atoms with Crippen LogP contribution >= 0.6 is 0 Å². The summed E-state index contributed by atoms with van der Waals surface area (Å²) in [5.41, 5.74) is 7.62. The molecule has 4 nitrogen and oxygen atoms in total. The monoisotopic (exact) mass is 803 g/mol. The molecule has 0 atom stereocenters. The van der Waals surface area contributed by atoms with E-state index in [4.69, 9.17) is 22.7 Å². The van der Waals surface area contributed by atoms with E-state index in [-0.39, 0.29) is 37.9 Å². The first kappa shape index (κ1) is 24.8. The Morgan fingerprint density at radius 3 is 2.23 bits per heavy atom. The zero-order valence-corrected chi connectivity index (χ0v) is 27.8. The van der Waals surface area contributed by atoms with Gasteiger partial charge in [0.2, 0.25) is 6.71 Å². The van der Waals surface area contributed by atoms with Crippen molar-refractivity contribution in [2.45, 2.75) is 13.7 Å². The fraction of sp³-hybridized carbons (Fsp3) is 0.0476. The minimum absolute atomic E-state index is 0. The Balaban J connectivity index is 0.000000223. The van der Waals surface area contributed by atoms with Gasteiger partial charge < -0.3 is 19.4 Å². The Morgan fingerprint density at radius 1 is 0.646 bits per heavy atom. The van der Waals surface area contributed by atoms with Crippen LogP contribution in [0, 0.1) is 25.8 Å². The Bertz CT molecular complexity index is 2440. The van der Waals surface area contributed by atoms with Crippen LogP contribution in [-0.4, -0.2) is 16.7 Å². The summed E-state index contributed by atoms with van der Waals surface area (Å²) in [5, 5.41) is 0. The molecule has 0 unspecified atom stereocenters. The second kappa shape index (κ2) is 13.4. The van der Waals surface area contributed by atoms with Crippen LogP contribution in [0.3, 0.4) is 0 Å². The SMILES string of the molecule is [2H]C([2H])([2H])c1cc(-c2[c-]ccc3c2Oc2cccc4c2B3c2ccccc2O4)ncc1-c1ccccc1.[2H]C([2H])([2H])c1ccc(-c2[c-]cccc2)nc1.[Ir]. The normalized spacial score (nSPS) is 14.0. The Morgan fingerprint density at radius 2 is 1.44 bits per heavy atom. The molecule has 2 aliphatic rings. The second-order valence-electron chi connectivity index (χ2n) is 11.2. The zero-order valence-electron chi connectivity index (χ0n) is 31.4. The molecule has 1 radical (unpaired) electrons. The largest absolute Gasteiger partial charge is 0.503 e. The number of nitrogens with zero attached hydrogens (tertiary/aromatic N) is 2. The second-order valence-corrected chi connectivity index (χ2v) is 11.2. The van der Waals surface area contributed by atoms with Gasteiger partial charge in [0.05, 0.1) is 0 Å². The molecule has 0 spiro atoms. The van der Waals surface area contributed by atoms with Crippen molar-refractivity contribution < 1.29 is 37.8 Å². The summed E-state index contributed by atoms with van der Waals surface area (Å²) in [6.07, 6.45) is 3.03. The first-order valence-corrected chi connectivity index (χ1v) is 15.2. The van der Waals surface area contributed by atoms with E-state index in [2.05, 4.69) is 23.2 Å². The Hall–Kier alpha value is -5.29. The van der Waals surface area contributed by atoms with Crippen molar-refractivity contribution in [2.24, 2.45) is 0 Å². The first-order valence-electron chi connectivity index (χ1n) is 18.2. The zero-order chi connectivity index (χ0) is 36.7. The van der Waals surface area contributed by atoms with Crippen LogP contribution < -0.4 is 25.9 Å². The van der Waals surface area contributed by atoms with Gasteiger partial charge in [-0.05, 0) is 65.4 Å². The van der Waals surface area contributed by atoms with Gasteiger partial charge in [0.25, 0.3) is 0 Å². The standard InChI is InChI=1S/C30H19BNO2.C12H10N.Ir/c1-19-17-25(32-18-22(19)20-9-3-2-4-10-20)21-11-7-13-24-30(21)34-28-16-8-15-27-29(28)31(24)23-12-5-6-14-26(23)33-27;1-10-7-8-12(13-9-10)11-5-3-2-4-6-11;/h2-10,12-18H,1H3;2-5,7-9H,1H3;/q2*-1;/i2*1D3;. The topological polar surface area (TPSA) is 44.2 Å². The maximum absolute atomic E-state index is 8.23. The third kappa shape index (κ3) is 5.86. The quantitative estimate of drug-likeness (QED) is 0.134. The van der Waals surface area contributed by atoms with Crippen LogP contribution in [-0.2, 0) is 20.1 Å². The Labute approximate surface area is 303 Å². The molecule has 0 saturated heterocycles. The van der Waals surface area contributed by atoms with Gasteiger partial charge in [-0.15, -0.1) is 59.6 Å². The van der Waals surface area contributed by atoms with Crippen LogP contribution in [0.5, 0.6) is 23.0 Å². The number of benzene rings is 5. The van der Waals surface area contributed by atoms with Crippen LogP contribution in [0.1, 0.15) is 19.4 Å². The predicted octanol–water partition coefficient (Wildman–Crippen LogP) is 8.11. The number of hydrogen-bond donors (Lipinski definition) is 0. The van der Waals surface area contributed by atoms with Crippen molar-refractivity contribution in [3.63, 3.8) is 0 Å². The van der Waals surface area contributed by atoms with Gasteiger partial charge >= 0.3 is 0 Å². The van der Waals surface area contributed by atoms with Crippen LogP contribution in [0.25, 0.3) is 33.6 Å². The average Bonchev–Trinajstić information content (AvgIpc) is 3.18. The minimum atomic E-state index is -2.32. The van der Waals surface area contributed by atoms with Gasteiger partial charge in [0, 0.05) is 57.5 Å². The number of pyridine rings is 2. The number of hydrogen-bond acceptors (Lipinski definition) is 4. The number of para-hydroxylation sites is 1. The third-order valence-corrected chi connectivity index (χ3v) is 8.26. The van der Waals surface area contributed by atoms with E-state index >= 15 is 0 Å². The molecule has 0 saturated carbocycles. The molecule has 0 amide bonds. The molecule has 7 aromatic rings. The molecule has 0 N–H and O–H groups in total. The van der Waals surface area contributed by atoms with E-state index < -0.39 is 13.7 Å². The summed E-state index contributed by atoms with van der Waals surface area (Å²) in [6, 6.07) is 45.9. The molecule has 2 aromatic heterocycles. The van der Waals surface area contributed by atoms with Gasteiger partial charge in [0.15, 0.2) is 0 Å². The van der Waals surface area contributed by atoms with E-state index in [0.717, 1.165) is 44.7 Å². The van der Waals surface area contributed by atoms with Crippen molar-refractivity contribution in [2.75, 3.05) is 0 Å². The molecule has 2 aliphatic heterocycles. The molecular formula is C42H29BIrN2O2-2. The van der Waals surface area contributed by atoms with Crippen molar-refractivity contribution in [1.29, 1.82) is 0 Å². The molecule has 5 aromatic carbocycles. The van der Waals surface area contributed by atoms with E-state index in [1.807, 2.05) is 97.1 Å². The van der Waals surface area contributed by atoms with E-state index in [0.29, 0.717) is 28.3 Å². The fourth-order valence-electron chi connectivity index (χ4n) is 6.08. The van der Waals surface area contributed by atoms with E-state index in [1.165, 1.54) is 6.20 Å². The van der Waals surface area contributed by atoms with Crippen LogP contribution in [0.4, 0.5) is 0 Å². The Kier molecular flexibility index (Phi) is 6.95. The minimum Gasteiger partial charge on any atom is -0.503 e. The summed E-state index contributed by atoms with van der Waals surface area (Å²) in [6.45, 7) is -4.50. The molecule has 6 heteroatoms. The number of fused-ring (bicyclic) bond motifs is 4. The first-order chi connectivity index (χ1) is 25.6.